The van der Waals surface area contributed by atoms with Crippen molar-refractivity contribution in [1.29, 1.82) is 0 Å². The van der Waals surface area contributed by atoms with Gasteiger partial charge in [-0.1, -0.05) is 18.7 Å². The standard InChI is InChI=1S/C13H18N4S/c1-3-9-7(2)17-11-5-4-8(14)6-10(11)12(9)18-13(15)16/h4-6,13H,3,14-16H2,1-2H3. The Balaban J connectivity index is 2.76. The lowest BCUT2D eigenvalue weighted by Crippen LogP contribution is -2.26. The van der Waals surface area contributed by atoms with Gasteiger partial charge in [0, 0.05) is 21.7 Å². The average Bonchev–Trinajstić information content (AvgIpc) is 2.30. The van der Waals surface area contributed by atoms with Crippen molar-refractivity contribution in [2.45, 2.75) is 30.7 Å². The Kier molecular flexibility index (Phi) is 3.75. The quantitative estimate of drug-likeness (QED) is 0.447. The van der Waals surface area contributed by atoms with Gasteiger partial charge < -0.3 is 17.2 Å². The summed E-state index contributed by atoms with van der Waals surface area (Å²) in [5.74, 6) is 0. The summed E-state index contributed by atoms with van der Waals surface area (Å²) in [6.45, 7) is 4.12. The number of hydrogen-bond donors (Lipinski definition) is 3. The van der Waals surface area contributed by atoms with Gasteiger partial charge in [-0.3, -0.25) is 4.98 Å². The van der Waals surface area contributed by atoms with Gasteiger partial charge in [0.05, 0.1) is 5.52 Å². The number of aryl methyl sites for hydroxylation is 1. The summed E-state index contributed by atoms with van der Waals surface area (Å²) in [4.78, 5) is 5.70. The summed E-state index contributed by atoms with van der Waals surface area (Å²) in [5.41, 5.74) is 20.7. The van der Waals surface area contributed by atoms with Crippen LogP contribution >= 0.6 is 11.8 Å². The van der Waals surface area contributed by atoms with E-state index in [1.807, 2.05) is 25.1 Å². The Morgan fingerprint density at radius 1 is 1.33 bits per heavy atom. The van der Waals surface area contributed by atoms with E-state index in [2.05, 4.69) is 11.9 Å². The first-order valence-electron chi connectivity index (χ1n) is 5.89. The number of thioether (sulfide) groups is 1. The van der Waals surface area contributed by atoms with Crippen molar-refractivity contribution in [1.82, 2.24) is 4.98 Å². The fourth-order valence-electron chi connectivity index (χ4n) is 2.10. The number of pyridine rings is 1. The Morgan fingerprint density at radius 2 is 2.06 bits per heavy atom. The normalized spacial score (nSPS) is 11.4. The molecule has 0 saturated heterocycles. The summed E-state index contributed by atoms with van der Waals surface area (Å²) >= 11 is 1.46. The van der Waals surface area contributed by atoms with Gasteiger partial charge in [0.1, 0.15) is 5.50 Å². The van der Waals surface area contributed by atoms with Crippen molar-refractivity contribution in [2.24, 2.45) is 11.5 Å². The average molecular weight is 262 g/mol. The number of aromatic nitrogens is 1. The molecular formula is C13H18N4S. The minimum absolute atomic E-state index is 0.443. The van der Waals surface area contributed by atoms with Crippen molar-refractivity contribution >= 4 is 28.4 Å². The minimum atomic E-state index is -0.443. The Hall–Kier alpha value is -1.30. The van der Waals surface area contributed by atoms with E-state index >= 15 is 0 Å². The fraction of sp³-hybridized carbons (Fsp3) is 0.308. The second-order valence-electron chi connectivity index (χ2n) is 4.22. The molecule has 0 aliphatic rings. The molecule has 0 unspecified atom stereocenters. The lowest BCUT2D eigenvalue weighted by Gasteiger charge is -2.15. The summed E-state index contributed by atoms with van der Waals surface area (Å²) in [6.07, 6.45) is 0.901. The van der Waals surface area contributed by atoms with Gasteiger partial charge in [-0.15, -0.1) is 0 Å². The molecule has 0 saturated carbocycles. The van der Waals surface area contributed by atoms with Crippen molar-refractivity contribution in [3.8, 4) is 0 Å². The molecule has 0 bridgehead atoms. The molecule has 0 aliphatic heterocycles. The van der Waals surface area contributed by atoms with Crippen LogP contribution in [0.4, 0.5) is 5.69 Å². The van der Waals surface area contributed by atoms with Crippen LogP contribution < -0.4 is 17.2 Å². The van der Waals surface area contributed by atoms with E-state index in [0.717, 1.165) is 33.6 Å². The third kappa shape index (κ3) is 2.43. The minimum Gasteiger partial charge on any atom is -0.399 e. The maximum Gasteiger partial charge on any atom is 0.105 e. The number of nitrogen functional groups attached to an aromatic ring is 1. The largest absolute Gasteiger partial charge is 0.399 e. The highest BCUT2D eigenvalue weighted by molar-refractivity contribution is 8.00. The molecule has 5 heteroatoms. The van der Waals surface area contributed by atoms with E-state index in [4.69, 9.17) is 17.2 Å². The smallest absolute Gasteiger partial charge is 0.105 e. The van der Waals surface area contributed by atoms with Crippen LogP contribution in [0.25, 0.3) is 10.9 Å². The molecule has 96 valence electrons. The SMILES string of the molecule is CCc1c(C)nc2ccc(N)cc2c1SC(N)N. The molecule has 2 aromatic rings. The van der Waals surface area contributed by atoms with Crippen LogP contribution in [0.3, 0.4) is 0 Å². The van der Waals surface area contributed by atoms with Crippen LogP contribution in [-0.4, -0.2) is 10.5 Å². The molecule has 4 nitrogen and oxygen atoms in total. The van der Waals surface area contributed by atoms with Gasteiger partial charge in [0.25, 0.3) is 0 Å². The summed E-state index contributed by atoms with van der Waals surface area (Å²) in [6, 6.07) is 5.73. The first kappa shape index (κ1) is 13.1. The van der Waals surface area contributed by atoms with E-state index in [0.29, 0.717) is 0 Å². The second-order valence-corrected chi connectivity index (χ2v) is 5.41. The molecule has 0 atom stereocenters. The maximum absolute atomic E-state index is 5.85. The monoisotopic (exact) mass is 262 g/mol. The highest BCUT2D eigenvalue weighted by Crippen LogP contribution is 2.34. The van der Waals surface area contributed by atoms with Crippen molar-refractivity contribution in [3.05, 3.63) is 29.5 Å². The van der Waals surface area contributed by atoms with Gasteiger partial charge in [-0.05, 0) is 37.1 Å². The van der Waals surface area contributed by atoms with E-state index in [1.165, 1.54) is 17.3 Å². The lowest BCUT2D eigenvalue weighted by molar-refractivity contribution is 0.974. The van der Waals surface area contributed by atoms with Crippen LogP contribution in [0.15, 0.2) is 23.1 Å². The van der Waals surface area contributed by atoms with Gasteiger partial charge in [0.15, 0.2) is 0 Å². The van der Waals surface area contributed by atoms with E-state index in [-0.39, 0.29) is 0 Å². The van der Waals surface area contributed by atoms with Crippen LogP contribution in [0.5, 0.6) is 0 Å². The van der Waals surface area contributed by atoms with E-state index in [9.17, 15) is 0 Å². The first-order chi connectivity index (χ1) is 8.52. The zero-order valence-corrected chi connectivity index (χ0v) is 11.4. The number of fused-ring (bicyclic) bond motifs is 1. The number of nitrogens with zero attached hydrogens (tertiary/aromatic N) is 1. The Morgan fingerprint density at radius 3 is 2.67 bits per heavy atom. The number of anilines is 1. The molecule has 0 spiro atoms. The fourth-order valence-corrected chi connectivity index (χ4v) is 3.09. The predicted molar refractivity (Wildman–Crippen MR) is 78.3 cm³/mol. The van der Waals surface area contributed by atoms with Crippen molar-refractivity contribution in [3.63, 3.8) is 0 Å². The van der Waals surface area contributed by atoms with Gasteiger partial charge in [0.2, 0.25) is 0 Å². The highest BCUT2D eigenvalue weighted by atomic mass is 32.2. The van der Waals surface area contributed by atoms with Crippen LogP contribution in [0.1, 0.15) is 18.2 Å². The molecule has 18 heavy (non-hydrogen) atoms. The zero-order chi connectivity index (χ0) is 13.3. The third-order valence-electron chi connectivity index (χ3n) is 2.87. The van der Waals surface area contributed by atoms with Crippen LogP contribution in [0.2, 0.25) is 0 Å². The molecule has 0 aliphatic carbocycles. The lowest BCUT2D eigenvalue weighted by atomic mass is 10.1. The third-order valence-corrected chi connectivity index (χ3v) is 3.85. The topological polar surface area (TPSA) is 90.9 Å². The van der Waals surface area contributed by atoms with Crippen molar-refractivity contribution in [2.75, 3.05) is 5.73 Å². The summed E-state index contributed by atoms with van der Waals surface area (Å²) in [5, 5.41) is 1.03. The van der Waals surface area contributed by atoms with E-state index < -0.39 is 5.50 Å². The second kappa shape index (κ2) is 5.14. The Labute approximate surface area is 111 Å². The molecule has 0 radical (unpaired) electrons. The molecular weight excluding hydrogens is 244 g/mol. The molecule has 0 fully saturated rings. The molecule has 0 amide bonds. The molecule has 6 N–H and O–H groups in total. The van der Waals surface area contributed by atoms with Gasteiger partial charge in [-0.2, -0.15) is 0 Å². The number of benzene rings is 1. The summed E-state index contributed by atoms with van der Waals surface area (Å²) < 4.78 is 0. The number of nitrogens with two attached hydrogens (primary N) is 3. The Bertz CT molecular complexity index is 581. The number of rotatable bonds is 3. The van der Waals surface area contributed by atoms with Crippen LogP contribution in [0, 0.1) is 6.92 Å². The predicted octanol–water partition coefficient (Wildman–Crippen LogP) is 1.98. The molecule has 2 rings (SSSR count). The van der Waals surface area contributed by atoms with Crippen LogP contribution in [-0.2, 0) is 6.42 Å². The van der Waals surface area contributed by atoms with Crippen molar-refractivity contribution < 1.29 is 0 Å². The number of hydrogen-bond acceptors (Lipinski definition) is 5. The maximum atomic E-state index is 5.85. The molecule has 1 aromatic carbocycles. The van der Waals surface area contributed by atoms with Gasteiger partial charge in [-0.25, -0.2) is 0 Å². The first-order valence-corrected chi connectivity index (χ1v) is 6.77. The highest BCUT2D eigenvalue weighted by Gasteiger charge is 2.13. The zero-order valence-electron chi connectivity index (χ0n) is 10.6. The molecule has 1 aromatic heterocycles. The summed E-state index contributed by atoms with van der Waals surface area (Å²) in [7, 11) is 0. The molecule has 1 heterocycles. The van der Waals surface area contributed by atoms with E-state index in [1.54, 1.807) is 0 Å². The van der Waals surface area contributed by atoms with Gasteiger partial charge >= 0.3 is 0 Å².